The number of ether oxygens (including phenoxy) is 1. The summed E-state index contributed by atoms with van der Waals surface area (Å²) in [5.74, 6) is -0.561. The average Bonchev–Trinajstić information content (AvgIpc) is 2.73. The van der Waals surface area contributed by atoms with Gasteiger partial charge in [0.05, 0.1) is 35.4 Å². The summed E-state index contributed by atoms with van der Waals surface area (Å²) < 4.78 is 4.83. The van der Waals surface area contributed by atoms with Gasteiger partial charge >= 0.3 is 5.97 Å². The molecule has 1 aliphatic heterocycles. The smallest absolute Gasteiger partial charge is 0.306 e. The van der Waals surface area contributed by atoms with Gasteiger partial charge < -0.3 is 15.0 Å². The lowest BCUT2D eigenvalue weighted by atomic mass is 10.0. The van der Waals surface area contributed by atoms with E-state index in [2.05, 4.69) is 15.3 Å². The first-order chi connectivity index (χ1) is 14.4. The molecular weight excluding hydrogens is 384 g/mol. The van der Waals surface area contributed by atoms with E-state index in [1.165, 1.54) is 0 Å². The lowest BCUT2D eigenvalue weighted by Gasteiger charge is -2.32. The summed E-state index contributed by atoms with van der Waals surface area (Å²) in [7, 11) is 0. The Morgan fingerprint density at radius 3 is 2.40 bits per heavy atom. The molecule has 30 heavy (non-hydrogen) atoms. The molecule has 160 valence electrons. The van der Waals surface area contributed by atoms with Crippen LogP contribution in [0.5, 0.6) is 0 Å². The van der Waals surface area contributed by atoms with Gasteiger partial charge in [-0.05, 0) is 51.8 Å². The Bertz CT molecular complexity index is 952. The molecule has 2 heterocycles. The zero-order valence-corrected chi connectivity index (χ0v) is 17.7. The summed E-state index contributed by atoms with van der Waals surface area (Å²) in [4.78, 5) is 47.1. The Labute approximate surface area is 176 Å². The molecular formula is C22H28N4O4. The second-order valence-corrected chi connectivity index (χ2v) is 7.54. The summed E-state index contributed by atoms with van der Waals surface area (Å²) in [5.41, 5.74) is 3.82. The number of amides is 2. The fourth-order valence-corrected chi connectivity index (χ4v) is 3.52. The quantitative estimate of drug-likeness (QED) is 0.731. The van der Waals surface area contributed by atoms with Crippen molar-refractivity contribution in [3.8, 4) is 0 Å². The van der Waals surface area contributed by atoms with Crippen LogP contribution in [0.2, 0.25) is 0 Å². The highest BCUT2D eigenvalue weighted by Crippen LogP contribution is 2.18. The summed E-state index contributed by atoms with van der Waals surface area (Å²) in [6.07, 6.45) is 1.57. The maximum Gasteiger partial charge on any atom is 0.306 e. The first kappa shape index (κ1) is 21.7. The van der Waals surface area contributed by atoms with Crippen molar-refractivity contribution in [3.63, 3.8) is 0 Å². The SMILES string of the molecule is CCOC(=O)CCC(=O)NC1CCN(C(=O)c2ccc3nc(C)c(C)nc3c2)CC1. The van der Waals surface area contributed by atoms with Crippen LogP contribution in [0.3, 0.4) is 0 Å². The molecule has 1 fully saturated rings. The monoisotopic (exact) mass is 412 g/mol. The van der Waals surface area contributed by atoms with E-state index in [0.29, 0.717) is 43.6 Å². The van der Waals surface area contributed by atoms with Crippen molar-refractivity contribution in [2.75, 3.05) is 19.7 Å². The summed E-state index contributed by atoms with van der Waals surface area (Å²) in [5, 5.41) is 2.95. The molecule has 0 atom stereocenters. The first-order valence-electron chi connectivity index (χ1n) is 10.4. The number of fused-ring (bicyclic) bond motifs is 1. The number of hydrogen-bond donors (Lipinski definition) is 1. The van der Waals surface area contributed by atoms with Crippen LogP contribution in [0.15, 0.2) is 18.2 Å². The Morgan fingerprint density at radius 1 is 1.07 bits per heavy atom. The molecule has 8 nitrogen and oxygen atoms in total. The second-order valence-electron chi connectivity index (χ2n) is 7.54. The number of nitrogens with zero attached hydrogens (tertiary/aromatic N) is 3. The molecule has 0 radical (unpaired) electrons. The van der Waals surface area contributed by atoms with E-state index in [-0.39, 0.29) is 36.7 Å². The predicted molar refractivity (Wildman–Crippen MR) is 112 cm³/mol. The van der Waals surface area contributed by atoms with Gasteiger partial charge in [0.2, 0.25) is 5.91 Å². The van der Waals surface area contributed by atoms with Gasteiger partial charge in [0.1, 0.15) is 0 Å². The Kier molecular flexibility index (Phi) is 6.97. The van der Waals surface area contributed by atoms with E-state index in [0.717, 1.165) is 16.9 Å². The van der Waals surface area contributed by atoms with E-state index in [1.807, 2.05) is 19.9 Å². The maximum atomic E-state index is 12.9. The van der Waals surface area contributed by atoms with Crippen LogP contribution in [-0.4, -0.2) is 58.4 Å². The lowest BCUT2D eigenvalue weighted by molar-refractivity contribution is -0.144. The Balaban J connectivity index is 1.53. The minimum Gasteiger partial charge on any atom is -0.466 e. The standard InChI is InChI=1S/C22H28N4O4/c1-4-30-21(28)8-7-20(27)25-17-9-11-26(12-10-17)22(29)16-5-6-18-19(13-16)24-15(3)14(2)23-18/h5-6,13,17H,4,7-12H2,1-3H3,(H,25,27). The van der Waals surface area contributed by atoms with Crippen molar-refractivity contribution >= 4 is 28.8 Å². The number of likely N-dealkylation sites (tertiary alicyclic amines) is 1. The number of rotatable bonds is 6. The molecule has 1 aliphatic rings. The highest BCUT2D eigenvalue weighted by atomic mass is 16.5. The number of carbonyl (C=O) groups is 3. The molecule has 0 saturated carbocycles. The largest absolute Gasteiger partial charge is 0.466 e. The molecule has 1 aromatic heterocycles. The maximum absolute atomic E-state index is 12.9. The number of benzene rings is 1. The van der Waals surface area contributed by atoms with Crippen LogP contribution in [0.1, 0.15) is 54.4 Å². The molecule has 2 amide bonds. The van der Waals surface area contributed by atoms with Crippen LogP contribution in [-0.2, 0) is 14.3 Å². The zero-order chi connectivity index (χ0) is 21.7. The normalized spacial score (nSPS) is 14.6. The number of aryl methyl sites for hydroxylation is 2. The summed E-state index contributed by atoms with van der Waals surface area (Å²) in [6, 6.07) is 5.42. The molecule has 0 aliphatic carbocycles. The topological polar surface area (TPSA) is 101 Å². The van der Waals surface area contributed by atoms with Crippen LogP contribution >= 0.6 is 0 Å². The van der Waals surface area contributed by atoms with E-state index < -0.39 is 0 Å². The van der Waals surface area contributed by atoms with E-state index in [9.17, 15) is 14.4 Å². The third-order valence-electron chi connectivity index (χ3n) is 5.33. The van der Waals surface area contributed by atoms with Crippen molar-refractivity contribution in [2.24, 2.45) is 0 Å². The van der Waals surface area contributed by atoms with Crippen molar-refractivity contribution in [3.05, 3.63) is 35.2 Å². The number of piperidine rings is 1. The van der Waals surface area contributed by atoms with E-state index in [1.54, 1.807) is 24.0 Å². The Hall–Kier alpha value is -3.03. The molecule has 0 unspecified atom stereocenters. The number of nitrogens with one attached hydrogen (secondary N) is 1. The zero-order valence-electron chi connectivity index (χ0n) is 17.7. The van der Waals surface area contributed by atoms with Crippen molar-refractivity contribution in [1.29, 1.82) is 0 Å². The van der Waals surface area contributed by atoms with Crippen LogP contribution in [0.25, 0.3) is 11.0 Å². The summed E-state index contributed by atoms with van der Waals surface area (Å²) in [6.45, 7) is 7.01. The fraction of sp³-hybridized carbons (Fsp3) is 0.500. The second kappa shape index (κ2) is 9.65. The minimum absolute atomic E-state index is 0.0110. The van der Waals surface area contributed by atoms with Crippen molar-refractivity contribution in [1.82, 2.24) is 20.2 Å². The van der Waals surface area contributed by atoms with Gasteiger partial charge in [-0.3, -0.25) is 14.4 Å². The highest BCUT2D eigenvalue weighted by molar-refractivity contribution is 5.97. The van der Waals surface area contributed by atoms with E-state index >= 15 is 0 Å². The first-order valence-corrected chi connectivity index (χ1v) is 10.4. The van der Waals surface area contributed by atoms with Gasteiger partial charge in [0.25, 0.3) is 5.91 Å². The third kappa shape index (κ3) is 5.31. The summed E-state index contributed by atoms with van der Waals surface area (Å²) >= 11 is 0. The molecule has 1 saturated heterocycles. The number of esters is 1. The average molecular weight is 412 g/mol. The molecule has 1 N–H and O–H groups in total. The van der Waals surface area contributed by atoms with Crippen molar-refractivity contribution < 1.29 is 19.1 Å². The number of aromatic nitrogens is 2. The molecule has 3 rings (SSSR count). The highest BCUT2D eigenvalue weighted by Gasteiger charge is 2.25. The number of hydrogen-bond acceptors (Lipinski definition) is 6. The van der Waals surface area contributed by atoms with Gasteiger partial charge in [0.15, 0.2) is 0 Å². The number of carbonyl (C=O) groups excluding carboxylic acids is 3. The minimum atomic E-state index is -0.363. The molecule has 1 aromatic carbocycles. The van der Waals surface area contributed by atoms with Crippen molar-refractivity contribution in [2.45, 2.75) is 52.5 Å². The van der Waals surface area contributed by atoms with Crippen LogP contribution < -0.4 is 5.32 Å². The fourth-order valence-electron chi connectivity index (χ4n) is 3.52. The van der Waals surface area contributed by atoms with Gasteiger partial charge in [-0.25, -0.2) is 9.97 Å². The molecule has 2 aromatic rings. The third-order valence-corrected chi connectivity index (χ3v) is 5.33. The molecule has 0 bridgehead atoms. The van der Waals surface area contributed by atoms with Crippen LogP contribution in [0.4, 0.5) is 0 Å². The predicted octanol–water partition coefficient (Wildman–Crippen LogP) is 2.31. The molecule has 8 heteroatoms. The van der Waals surface area contributed by atoms with Gasteiger partial charge in [-0.2, -0.15) is 0 Å². The Morgan fingerprint density at radius 2 is 1.73 bits per heavy atom. The van der Waals surface area contributed by atoms with Gasteiger partial charge in [-0.1, -0.05) is 0 Å². The molecule has 0 spiro atoms. The van der Waals surface area contributed by atoms with Gasteiger partial charge in [-0.15, -0.1) is 0 Å². The van der Waals surface area contributed by atoms with E-state index in [4.69, 9.17) is 4.74 Å². The van der Waals surface area contributed by atoms with Gasteiger partial charge in [0, 0.05) is 31.1 Å². The van der Waals surface area contributed by atoms with Crippen LogP contribution in [0, 0.1) is 13.8 Å². The lowest BCUT2D eigenvalue weighted by Crippen LogP contribution is -2.46.